The molecular weight excluding hydrogens is 536 g/mol. The summed E-state index contributed by atoms with van der Waals surface area (Å²) >= 11 is 0. The van der Waals surface area contributed by atoms with Gasteiger partial charge in [-0.25, -0.2) is 19.7 Å². The van der Waals surface area contributed by atoms with Crippen LogP contribution >= 0.6 is 0 Å². The van der Waals surface area contributed by atoms with Crippen LogP contribution in [0.1, 0.15) is 66.6 Å². The second-order valence-electron chi connectivity index (χ2n) is 11.7. The Balaban J connectivity index is 1.23. The predicted molar refractivity (Wildman–Crippen MR) is 153 cm³/mol. The number of pyridine rings is 1. The molecule has 0 radical (unpaired) electrons. The van der Waals surface area contributed by atoms with E-state index in [0.29, 0.717) is 34.2 Å². The van der Waals surface area contributed by atoms with Crippen molar-refractivity contribution in [3.05, 3.63) is 71.4 Å². The van der Waals surface area contributed by atoms with Gasteiger partial charge in [0.15, 0.2) is 5.82 Å². The second-order valence-corrected chi connectivity index (χ2v) is 11.7. The topological polar surface area (TPSA) is 151 Å². The molecule has 12 heteroatoms. The summed E-state index contributed by atoms with van der Waals surface area (Å²) in [6.07, 6.45) is 6.18. The monoisotopic (exact) mass is 568 g/mol. The molecule has 42 heavy (non-hydrogen) atoms. The number of hydrogen-bond donors (Lipinski definition) is 3. The quantitative estimate of drug-likeness (QED) is 0.264. The van der Waals surface area contributed by atoms with E-state index >= 15 is 0 Å². The number of esters is 1. The van der Waals surface area contributed by atoms with E-state index in [1.165, 1.54) is 6.20 Å². The number of hydrogen-bond acceptors (Lipinski definition) is 12. The molecule has 0 amide bonds. The average molecular weight is 569 g/mol. The normalized spacial score (nSPS) is 22.8. The zero-order valence-corrected chi connectivity index (χ0v) is 23.5. The first-order valence-corrected chi connectivity index (χ1v) is 14.2. The summed E-state index contributed by atoms with van der Waals surface area (Å²) in [4.78, 5) is 33.0. The van der Waals surface area contributed by atoms with Crippen molar-refractivity contribution in [2.45, 2.75) is 50.2 Å². The molecule has 12 nitrogen and oxygen atoms in total. The molecule has 3 aromatic heterocycles. The molecule has 1 atom stereocenters. The number of nitrogens with zero attached hydrogens (tertiary/aromatic N) is 6. The fourth-order valence-corrected chi connectivity index (χ4v) is 6.13. The summed E-state index contributed by atoms with van der Waals surface area (Å²) in [5, 5.41) is 21.3. The van der Waals surface area contributed by atoms with Crippen LogP contribution < -0.4 is 10.6 Å². The maximum atomic E-state index is 12.2. The van der Waals surface area contributed by atoms with Crippen molar-refractivity contribution in [1.82, 2.24) is 30.0 Å². The number of cyclic esters (lactones) is 1. The molecular formula is C30H32N8O4. The summed E-state index contributed by atoms with van der Waals surface area (Å²) in [5.41, 5.74) is 2.13. The van der Waals surface area contributed by atoms with Gasteiger partial charge in [0.05, 0.1) is 23.9 Å². The summed E-state index contributed by atoms with van der Waals surface area (Å²) in [5.74, 6) is 1.40. The second kappa shape index (κ2) is 10.1. The highest BCUT2D eigenvalue weighted by Crippen LogP contribution is 2.42. The van der Waals surface area contributed by atoms with E-state index < -0.39 is 17.6 Å². The first-order valence-electron chi connectivity index (χ1n) is 14.2. The fraction of sp³-hybridized carbons (Fsp3) is 0.400. The molecule has 1 aromatic carbocycles. The third kappa shape index (κ3) is 4.66. The summed E-state index contributed by atoms with van der Waals surface area (Å²) in [6.45, 7) is 6.59. The van der Waals surface area contributed by atoms with Crippen molar-refractivity contribution in [3.63, 3.8) is 0 Å². The number of aliphatic hydroxyl groups is 1. The largest absolute Gasteiger partial charge is 0.449 e. The van der Waals surface area contributed by atoms with Crippen LogP contribution in [0.2, 0.25) is 0 Å². The zero-order valence-electron chi connectivity index (χ0n) is 23.5. The number of nitrogens with one attached hydrogen (secondary N) is 2. The fourth-order valence-electron chi connectivity index (χ4n) is 6.13. The van der Waals surface area contributed by atoms with Gasteiger partial charge in [0, 0.05) is 23.9 Å². The van der Waals surface area contributed by atoms with E-state index in [-0.39, 0.29) is 18.0 Å². The number of ether oxygens (including phenoxy) is 1. The van der Waals surface area contributed by atoms with Gasteiger partial charge in [0.2, 0.25) is 5.95 Å². The van der Waals surface area contributed by atoms with Crippen molar-refractivity contribution in [2.75, 3.05) is 36.9 Å². The van der Waals surface area contributed by atoms with Gasteiger partial charge in [-0.3, -0.25) is 0 Å². The Labute approximate surface area is 242 Å². The van der Waals surface area contributed by atoms with E-state index in [2.05, 4.69) is 35.6 Å². The highest BCUT2D eigenvalue weighted by atomic mass is 16.6. The van der Waals surface area contributed by atoms with Crippen LogP contribution in [-0.4, -0.2) is 67.3 Å². The summed E-state index contributed by atoms with van der Waals surface area (Å²) < 4.78 is 11.3. The van der Waals surface area contributed by atoms with E-state index in [9.17, 15) is 9.90 Å². The first kappa shape index (κ1) is 26.5. The van der Waals surface area contributed by atoms with Crippen LogP contribution in [0.15, 0.2) is 53.3 Å². The van der Waals surface area contributed by atoms with E-state index in [4.69, 9.17) is 14.2 Å². The lowest BCUT2D eigenvalue weighted by atomic mass is 9.71. The van der Waals surface area contributed by atoms with Crippen molar-refractivity contribution >= 4 is 23.4 Å². The van der Waals surface area contributed by atoms with Gasteiger partial charge in [-0.1, -0.05) is 35.5 Å². The predicted octanol–water partition coefficient (Wildman–Crippen LogP) is 3.95. The highest BCUT2D eigenvalue weighted by molar-refractivity contribution is 5.93. The molecule has 0 unspecified atom stereocenters. The number of aromatic nitrogens is 5. The molecule has 7 heterocycles. The number of rotatable bonds is 8. The minimum Gasteiger partial charge on any atom is -0.449 e. The Morgan fingerprint density at radius 2 is 1.76 bits per heavy atom. The van der Waals surface area contributed by atoms with Crippen molar-refractivity contribution in [2.24, 2.45) is 0 Å². The number of carbonyl (C=O) groups excluding carboxylic acids is 1. The maximum absolute atomic E-state index is 12.2. The number of benzene rings is 1. The van der Waals surface area contributed by atoms with Gasteiger partial charge in [-0.05, 0) is 58.3 Å². The van der Waals surface area contributed by atoms with Crippen LogP contribution in [0.5, 0.6) is 0 Å². The molecule has 3 saturated heterocycles. The molecule has 0 saturated carbocycles. The van der Waals surface area contributed by atoms with Crippen LogP contribution in [0.25, 0.3) is 11.5 Å². The third-order valence-electron chi connectivity index (χ3n) is 8.64. The average Bonchev–Trinajstić information content (AvgIpc) is 3.60. The standard InChI is InChI=1S/C30H32N8O4/c1-29(2)24-20(26(40)41-29)16-32-28(35-24)34-23-14-21(33-22(17-39)18-6-4-3-5-7-18)19(15-31-23)25-36-27(37-42-25)30-8-11-38(12-9-30)13-10-30/h3-7,14-16,22,39H,8-13,17H2,1-2H3,(H2,31,32,33,34,35)/t22-/m1/s1. The van der Waals surface area contributed by atoms with Gasteiger partial charge in [-0.15, -0.1) is 0 Å². The molecule has 0 spiro atoms. The number of fused-ring (bicyclic) bond motifs is 4. The zero-order chi connectivity index (χ0) is 28.9. The Morgan fingerprint density at radius 1 is 1.02 bits per heavy atom. The molecule has 0 aliphatic carbocycles. The summed E-state index contributed by atoms with van der Waals surface area (Å²) in [6, 6.07) is 11.1. The van der Waals surface area contributed by atoms with E-state index in [1.54, 1.807) is 26.1 Å². The number of aliphatic hydroxyl groups excluding tert-OH is 1. The van der Waals surface area contributed by atoms with Gasteiger partial charge in [0.25, 0.3) is 5.89 Å². The molecule has 216 valence electrons. The first-order chi connectivity index (χ1) is 20.3. The SMILES string of the molecule is CC1(C)OC(=O)c2cnc(Nc3cc(N[C@H](CO)c4ccccc4)c(-c4nc(C56CCN(CC5)CC6)no4)cn3)nc21. The van der Waals surface area contributed by atoms with Gasteiger partial charge < -0.3 is 29.9 Å². The number of anilines is 3. The van der Waals surface area contributed by atoms with Gasteiger partial charge >= 0.3 is 5.97 Å². The van der Waals surface area contributed by atoms with Crippen LogP contribution in [0.4, 0.5) is 17.5 Å². The van der Waals surface area contributed by atoms with Crippen molar-refractivity contribution < 1.29 is 19.2 Å². The molecule has 4 aromatic rings. The maximum Gasteiger partial charge on any atom is 0.342 e. The Kier molecular flexibility index (Phi) is 6.39. The highest BCUT2D eigenvalue weighted by Gasteiger charge is 2.44. The lowest BCUT2D eigenvalue weighted by molar-refractivity contribution is 0.00833. The lowest BCUT2D eigenvalue weighted by Gasteiger charge is -2.46. The lowest BCUT2D eigenvalue weighted by Crippen LogP contribution is -2.51. The van der Waals surface area contributed by atoms with Crippen LogP contribution in [0.3, 0.4) is 0 Å². The Hall–Kier alpha value is -4.42. The summed E-state index contributed by atoms with van der Waals surface area (Å²) in [7, 11) is 0. The number of carbonyl (C=O) groups is 1. The smallest absolute Gasteiger partial charge is 0.342 e. The Bertz CT molecular complexity index is 1620. The van der Waals surface area contributed by atoms with E-state index in [0.717, 1.165) is 50.3 Å². The molecule has 8 rings (SSSR count). The molecule has 3 N–H and O–H groups in total. The minimum atomic E-state index is -0.857. The van der Waals surface area contributed by atoms with E-state index in [1.807, 2.05) is 30.3 Å². The van der Waals surface area contributed by atoms with Crippen LogP contribution in [0, 0.1) is 0 Å². The third-order valence-corrected chi connectivity index (χ3v) is 8.64. The van der Waals surface area contributed by atoms with Crippen molar-refractivity contribution in [1.29, 1.82) is 0 Å². The molecule has 4 aliphatic heterocycles. The molecule has 2 bridgehead atoms. The van der Waals surface area contributed by atoms with Crippen LogP contribution in [-0.2, 0) is 15.8 Å². The Morgan fingerprint density at radius 3 is 2.50 bits per heavy atom. The minimum absolute atomic E-state index is 0.0551. The van der Waals surface area contributed by atoms with Gasteiger partial charge in [-0.2, -0.15) is 4.98 Å². The number of piperidine rings is 3. The molecule has 4 aliphatic rings. The van der Waals surface area contributed by atoms with Crippen molar-refractivity contribution in [3.8, 4) is 11.5 Å². The molecule has 3 fully saturated rings. The van der Waals surface area contributed by atoms with Gasteiger partial charge in [0.1, 0.15) is 22.7 Å².